The van der Waals surface area contributed by atoms with Crippen LogP contribution in [0.1, 0.15) is 25.7 Å². The first-order chi connectivity index (χ1) is 14.9. The fourth-order valence-electron chi connectivity index (χ4n) is 2.36. The molecule has 31 heavy (non-hydrogen) atoms. The molecule has 2 heterocycles. The number of halogens is 2. The monoisotopic (exact) mass is 895 g/mol. The number of hydrogen-bond acceptors (Lipinski definition) is 4. The molecule has 2 aromatic carbocycles. The first-order valence-electron chi connectivity index (χ1n) is 10.7. The van der Waals surface area contributed by atoms with E-state index in [0.29, 0.717) is 0 Å². The van der Waals surface area contributed by atoms with Gasteiger partial charge in [-0.2, -0.15) is 0 Å². The Balaban J connectivity index is 0.000000276. The van der Waals surface area contributed by atoms with Gasteiger partial charge in [-0.05, 0) is 33.6 Å². The Morgan fingerprint density at radius 2 is 0.935 bits per heavy atom. The molecule has 2 fully saturated rings. The molecule has 0 amide bonds. The number of hydrogen-bond donors (Lipinski definition) is 0. The van der Waals surface area contributed by atoms with Gasteiger partial charge in [0.05, 0.1) is 0 Å². The van der Waals surface area contributed by atoms with E-state index in [0.717, 1.165) is 37.8 Å². The minimum absolute atomic E-state index is 0.120. The summed E-state index contributed by atoms with van der Waals surface area (Å²) in [7, 11) is 0.120. The van der Waals surface area contributed by atoms with Crippen LogP contribution >= 0.6 is 41.5 Å². The summed E-state index contributed by atoms with van der Waals surface area (Å²) in [4.78, 5) is 0. The number of nitrogens with zero attached hydrogens (tertiary/aromatic N) is 2. The average Bonchev–Trinajstić information content (AvgIpc) is 3.47. The molecule has 0 saturated carbocycles. The maximum absolute atomic E-state index is 4.94. The summed E-state index contributed by atoms with van der Waals surface area (Å²) < 4.78 is 19.5. The van der Waals surface area contributed by atoms with Crippen molar-refractivity contribution >= 4 is 52.8 Å². The van der Waals surface area contributed by atoms with Gasteiger partial charge in [-0.25, -0.2) is 0 Å². The van der Waals surface area contributed by atoms with E-state index < -0.39 is 14.8 Å². The van der Waals surface area contributed by atoms with Crippen LogP contribution in [0, 0.1) is 14.8 Å². The van der Waals surface area contributed by atoms with Crippen LogP contribution in [-0.2, 0) is 9.47 Å². The molecule has 0 aromatic heterocycles. The third-order valence-corrected chi connectivity index (χ3v) is 17.1. The summed E-state index contributed by atoms with van der Waals surface area (Å²) >= 11 is 1.96. The number of benzene rings is 2. The first-order valence-corrected chi connectivity index (χ1v) is 40.7. The van der Waals surface area contributed by atoms with Crippen molar-refractivity contribution in [1.29, 1.82) is 0 Å². The molecule has 2 aromatic rings. The van der Waals surface area contributed by atoms with Crippen molar-refractivity contribution in [2.75, 3.05) is 46.4 Å². The quantitative estimate of drug-likeness (QED) is 0.224. The topological polar surface area (TPSA) is 43.2 Å². The molecule has 8 heteroatoms. The Bertz CT molecular complexity index is 719. The second-order valence-electron chi connectivity index (χ2n) is 7.54. The van der Waals surface area contributed by atoms with E-state index in [9.17, 15) is 0 Å². The van der Waals surface area contributed by atoms with Crippen LogP contribution in [0.3, 0.4) is 0 Å². The van der Waals surface area contributed by atoms with Gasteiger partial charge < -0.3 is 9.47 Å². The predicted octanol–water partition coefficient (Wildman–Crippen LogP) is 8.56. The third kappa shape index (κ3) is 19.0. The van der Waals surface area contributed by atoms with Crippen molar-refractivity contribution in [1.82, 2.24) is 0 Å². The normalized spacial score (nSPS) is 14.9. The van der Waals surface area contributed by atoms with E-state index >= 15 is 0 Å². The predicted molar refractivity (Wildman–Crippen MR) is 151 cm³/mol. The molecule has 172 valence electrons. The number of ether oxygens (including phenoxy) is 2. The summed E-state index contributed by atoms with van der Waals surface area (Å²) in [5.41, 5.74) is 2.09. The Hall–Kier alpha value is 0.902. The Morgan fingerprint density at radius 1 is 0.645 bits per heavy atom. The van der Waals surface area contributed by atoms with E-state index in [4.69, 9.17) is 14.0 Å². The fourth-order valence-corrected chi connectivity index (χ4v) is 16.8. The molecule has 0 spiro atoms. The van der Waals surface area contributed by atoms with Gasteiger partial charge in [0, 0.05) is 46.4 Å². The third-order valence-electron chi connectivity index (χ3n) is 3.69. The zero-order valence-electron chi connectivity index (χ0n) is 18.9. The van der Waals surface area contributed by atoms with Crippen LogP contribution in [0.2, 0.25) is 0 Å². The molecule has 0 atom stereocenters. The van der Waals surface area contributed by atoms with Crippen LogP contribution in [0.4, 0.5) is 11.4 Å². The average molecular weight is 895 g/mol. The molecule has 4 rings (SSSR count). The van der Waals surface area contributed by atoms with E-state index in [1.165, 1.54) is 25.7 Å². The Kier molecular flexibility index (Phi) is 18.6. The molecule has 0 unspecified atom stereocenters. The molecule has 0 aliphatic carbocycles. The van der Waals surface area contributed by atoms with Crippen molar-refractivity contribution in [3.05, 3.63) is 60.7 Å². The van der Waals surface area contributed by atoms with E-state index in [-0.39, 0.29) is 7.92 Å². The van der Waals surface area contributed by atoms with E-state index in [1.807, 2.05) is 60.7 Å². The molecule has 0 N–H and O–H groups in total. The Labute approximate surface area is 211 Å². The zero-order valence-corrected chi connectivity index (χ0v) is 28.4. The maximum atomic E-state index is 4.94. The second-order valence-corrected chi connectivity index (χ2v) is 64.0. The minimum atomic E-state index is -2.97. The molecule has 2 aliphatic rings. The van der Waals surface area contributed by atoms with Gasteiger partial charge >= 0.3 is 125 Å². The fraction of sp³-hybridized carbons (Fsp3) is 0.478. The van der Waals surface area contributed by atoms with Gasteiger partial charge in [-0.3, -0.25) is 0 Å². The van der Waals surface area contributed by atoms with Gasteiger partial charge in [0.1, 0.15) is 0 Å². The summed E-state index contributed by atoms with van der Waals surface area (Å²) in [5.74, 6) is 0. The van der Waals surface area contributed by atoms with Crippen molar-refractivity contribution < 1.29 is 24.3 Å². The van der Waals surface area contributed by atoms with Crippen LogP contribution in [0.5, 0.6) is 0 Å². The van der Waals surface area contributed by atoms with E-state index in [1.54, 1.807) is 0 Å². The van der Waals surface area contributed by atoms with Gasteiger partial charge in [-0.1, -0.05) is 0 Å². The van der Waals surface area contributed by atoms with Crippen molar-refractivity contribution in [2.24, 2.45) is 4.51 Å². The van der Waals surface area contributed by atoms with Gasteiger partial charge in [0.25, 0.3) is 0 Å². The SMILES string of the molecule is C1CCOC1.C1CCOC1.C[PH+](C)C.[I][U]([I])(=[N]c1ccccc1)=[N]c1ccccc1. The summed E-state index contributed by atoms with van der Waals surface area (Å²) in [6.45, 7) is 10.8. The summed E-state index contributed by atoms with van der Waals surface area (Å²) in [6.07, 6.45) is 5.11. The molecule has 0 radical (unpaired) electrons. The first kappa shape index (κ1) is 29.9. The molecular weight excluding hydrogens is 859 g/mol. The van der Waals surface area contributed by atoms with Gasteiger partial charge in [0.2, 0.25) is 0 Å². The number of rotatable bonds is 2. The van der Waals surface area contributed by atoms with Crippen LogP contribution in [-0.4, -0.2) is 46.4 Å². The van der Waals surface area contributed by atoms with E-state index in [2.05, 4.69) is 53.5 Å². The van der Waals surface area contributed by atoms with Gasteiger partial charge in [-0.15, -0.1) is 0 Å². The molecule has 0 bridgehead atoms. The zero-order chi connectivity index (χ0) is 22.8. The van der Waals surface area contributed by atoms with Crippen molar-refractivity contribution in [3.63, 3.8) is 0 Å². The van der Waals surface area contributed by atoms with Crippen molar-refractivity contribution in [3.8, 4) is 0 Å². The molecular formula is C23H36I2N2O2PU+. The summed E-state index contributed by atoms with van der Waals surface area (Å²) in [6, 6.07) is 20.2. The van der Waals surface area contributed by atoms with Crippen LogP contribution in [0.15, 0.2) is 65.2 Å². The van der Waals surface area contributed by atoms with Crippen LogP contribution < -0.4 is 0 Å². The molecule has 2 saturated heterocycles. The second kappa shape index (κ2) is 19.2. The molecule has 4 nitrogen and oxygen atoms in total. The summed E-state index contributed by atoms with van der Waals surface area (Å²) in [5, 5.41) is 0. The van der Waals surface area contributed by atoms with Crippen LogP contribution in [0.25, 0.3) is 0 Å². The Morgan fingerprint density at radius 3 is 1.16 bits per heavy atom. The van der Waals surface area contributed by atoms with Crippen molar-refractivity contribution in [2.45, 2.75) is 25.7 Å². The standard InChI is InChI=1S/2C6H5N.2C4H8O.C3H9P.2HI.U/c2*7-6-4-2-1-3-5-6;2*1-2-4-5-3-1;1-4(2)3;;;/h2*1-5H;2*1-4H2;1-3H3;2*1H;/q;;;;;;;+2/p-1. The van der Waals surface area contributed by atoms with Gasteiger partial charge in [0.15, 0.2) is 0 Å². The molecule has 2 aliphatic heterocycles.